The Kier molecular flexibility index (Phi) is 12.8. The molecule has 0 heterocycles. The average Bonchev–Trinajstić information content (AvgIpc) is 2.55. The third-order valence-corrected chi connectivity index (χ3v) is 6.21. The smallest absolute Gasteiger partial charge is 0.190 e. The summed E-state index contributed by atoms with van der Waals surface area (Å²) in [7, 11) is 0.325. The van der Waals surface area contributed by atoms with Gasteiger partial charge in [0.2, 0.25) is 0 Å². The normalized spacial score (nSPS) is 15.6. The fourth-order valence-electron chi connectivity index (χ4n) is 1.27. The van der Waals surface area contributed by atoms with Crippen molar-refractivity contribution in [3.63, 3.8) is 0 Å². The summed E-state index contributed by atoms with van der Waals surface area (Å²) in [6.45, 7) is 6.74. The Bertz CT molecular complexity index is 229. The van der Waals surface area contributed by atoms with Crippen LogP contribution in [0.15, 0.2) is 17.7 Å². The summed E-state index contributed by atoms with van der Waals surface area (Å²) in [6, 6.07) is 0. The van der Waals surface area contributed by atoms with Crippen LogP contribution in [0, 0.1) is 6.08 Å². The summed E-state index contributed by atoms with van der Waals surface area (Å²) in [5.74, 6) is 0. The maximum absolute atomic E-state index is 5.56. The van der Waals surface area contributed by atoms with E-state index >= 15 is 0 Å². The Hall–Kier alpha value is 0.951. The van der Waals surface area contributed by atoms with Crippen LogP contribution in [0.3, 0.4) is 0 Å². The van der Waals surface area contributed by atoms with Gasteiger partial charge in [0.25, 0.3) is 0 Å². The third-order valence-electron chi connectivity index (χ3n) is 2.76. The molecule has 0 N–H and O–H groups in total. The van der Waals surface area contributed by atoms with Crippen molar-refractivity contribution < 1.29 is 26.1 Å². The minimum absolute atomic E-state index is 0. The largest absolute Gasteiger partial charge is 0.420 e. The van der Waals surface area contributed by atoms with Gasteiger partial charge in [-0.3, -0.25) is 6.08 Å². The molecule has 1 rings (SSSR count). The Labute approximate surface area is 122 Å². The molecule has 1 aliphatic carbocycles. The topological polar surface area (TPSA) is 9.23 Å². The predicted molar refractivity (Wildman–Crippen MR) is 68.9 cm³/mol. The van der Waals surface area contributed by atoms with Gasteiger partial charge >= 0.3 is 0 Å². The molecule has 0 radical (unpaired) electrons. The Morgan fingerprint density at radius 3 is 2.27 bits per heavy atom. The van der Waals surface area contributed by atoms with Crippen molar-refractivity contribution in [2.45, 2.75) is 32.0 Å². The van der Waals surface area contributed by atoms with Crippen molar-refractivity contribution in [3.05, 3.63) is 23.8 Å². The predicted octanol–water partition coefficient (Wildman–Crippen LogP) is 3.76. The molecule has 0 saturated heterocycles. The molecule has 0 aromatic rings. The first-order chi connectivity index (χ1) is 5.58. The van der Waals surface area contributed by atoms with Crippen LogP contribution in [-0.4, -0.2) is 15.4 Å². The van der Waals surface area contributed by atoms with Crippen molar-refractivity contribution in [2.75, 3.05) is 7.11 Å². The average molecular weight is 302 g/mol. The zero-order valence-electron chi connectivity index (χ0n) is 9.66. The second-order valence-electron chi connectivity index (χ2n) is 3.77. The van der Waals surface area contributed by atoms with Crippen LogP contribution < -0.4 is 0 Å². The van der Waals surface area contributed by atoms with Gasteiger partial charge in [0.1, 0.15) is 0 Å². The van der Waals surface area contributed by atoms with Crippen LogP contribution in [0.5, 0.6) is 0 Å². The molecule has 1 atom stereocenters. The standard InChI is InChI=1S/C10H17OSi.2ClH.Ti/c1-9(12(3,4)11-2)10-7-5-6-8-10;;;/h5,7,9H,6H2,1-4H3;2*1H;/q-1;;;. The van der Waals surface area contributed by atoms with Gasteiger partial charge in [0, 0.05) is 28.8 Å². The van der Waals surface area contributed by atoms with E-state index in [2.05, 4.69) is 38.2 Å². The van der Waals surface area contributed by atoms with Gasteiger partial charge in [0.15, 0.2) is 8.32 Å². The minimum Gasteiger partial charge on any atom is -0.420 e. The van der Waals surface area contributed by atoms with Crippen molar-refractivity contribution in [3.8, 4) is 0 Å². The molecule has 0 amide bonds. The van der Waals surface area contributed by atoms with E-state index in [1.54, 1.807) is 0 Å². The second-order valence-corrected chi connectivity index (χ2v) is 8.25. The first kappa shape index (κ1) is 21.3. The van der Waals surface area contributed by atoms with Crippen LogP contribution in [-0.2, 0) is 26.1 Å². The van der Waals surface area contributed by atoms with Gasteiger partial charge in [-0.15, -0.1) is 31.2 Å². The fraction of sp³-hybridized carbons (Fsp3) is 0.600. The molecule has 0 saturated carbocycles. The Morgan fingerprint density at radius 1 is 1.40 bits per heavy atom. The van der Waals surface area contributed by atoms with E-state index in [-0.39, 0.29) is 46.5 Å². The van der Waals surface area contributed by atoms with Crippen molar-refractivity contribution in [2.24, 2.45) is 0 Å². The molecule has 15 heavy (non-hydrogen) atoms. The summed E-state index contributed by atoms with van der Waals surface area (Å²) >= 11 is 0. The van der Waals surface area contributed by atoms with Gasteiger partial charge in [-0.1, -0.05) is 6.92 Å². The maximum Gasteiger partial charge on any atom is 0.190 e. The van der Waals surface area contributed by atoms with Gasteiger partial charge in [-0.25, -0.2) is 11.6 Å². The number of hydrogen-bond acceptors (Lipinski definition) is 1. The molecule has 5 heteroatoms. The quantitative estimate of drug-likeness (QED) is 0.570. The van der Waals surface area contributed by atoms with Crippen molar-refractivity contribution in [1.82, 2.24) is 0 Å². The first-order valence-corrected chi connectivity index (χ1v) is 7.39. The van der Waals surface area contributed by atoms with E-state index < -0.39 is 8.32 Å². The van der Waals surface area contributed by atoms with E-state index in [4.69, 9.17) is 4.43 Å². The number of rotatable bonds is 3. The summed E-state index contributed by atoms with van der Waals surface area (Å²) in [6.07, 6.45) is 8.67. The molecule has 1 unspecified atom stereocenters. The maximum atomic E-state index is 5.56. The molecule has 1 nitrogen and oxygen atoms in total. The van der Waals surface area contributed by atoms with E-state index in [9.17, 15) is 0 Å². The number of halogens is 2. The van der Waals surface area contributed by atoms with Crippen LogP contribution in [0.2, 0.25) is 18.6 Å². The van der Waals surface area contributed by atoms with Gasteiger partial charge in [-0.2, -0.15) is 6.08 Å². The molecule has 0 fully saturated rings. The first-order valence-electron chi connectivity index (χ1n) is 4.40. The number of allylic oxidation sites excluding steroid dienone is 4. The van der Waals surface area contributed by atoms with Gasteiger partial charge in [-0.05, 0) is 18.6 Å². The molecule has 1 aliphatic rings. The van der Waals surface area contributed by atoms with Gasteiger partial charge in [0.05, 0.1) is 0 Å². The molecular formula is C10H19Cl2OSiTi-. The van der Waals surface area contributed by atoms with Crippen molar-refractivity contribution in [1.29, 1.82) is 0 Å². The molecule has 0 aromatic carbocycles. The van der Waals surface area contributed by atoms with E-state index in [0.717, 1.165) is 6.42 Å². The summed E-state index contributed by atoms with van der Waals surface area (Å²) < 4.78 is 5.56. The van der Waals surface area contributed by atoms with Crippen LogP contribution in [0.25, 0.3) is 0 Å². The zero-order chi connectivity index (χ0) is 9.19. The molecule has 0 bridgehead atoms. The zero-order valence-corrected chi connectivity index (χ0v) is 13.9. The van der Waals surface area contributed by atoms with E-state index in [1.165, 1.54) is 5.57 Å². The van der Waals surface area contributed by atoms with E-state index in [0.29, 0.717) is 5.54 Å². The summed E-state index contributed by atoms with van der Waals surface area (Å²) in [5, 5.41) is 0. The van der Waals surface area contributed by atoms with Crippen LogP contribution in [0.1, 0.15) is 13.3 Å². The molecule has 0 aromatic heterocycles. The number of hydrogen-bond donors (Lipinski definition) is 0. The molecule has 88 valence electrons. The SMILES string of the molecule is CO[Si](C)(C)C(C)C1=[C-]CC=C1.Cl.Cl.[Ti]. The summed E-state index contributed by atoms with van der Waals surface area (Å²) in [5.41, 5.74) is 1.90. The molecular weight excluding hydrogens is 283 g/mol. The Balaban J connectivity index is -0.000000480. The van der Waals surface area contributed by atoms with Crippen LogP contribution in [0.4, 0.5) is 0 Å². The molecule has 0 spiro atoms. The van der Waals surface area contributed by atoms with Gasteiger partial charge < -0.3 is 4.43 Å². The van der Waals surface area contributed by atoms with E-state index in [1.807, 2.05) is 7.11 Å². The fourth-order valence-corrected chi connectivity index (χ4v) is 2.57. The van der Waals surface area contributed by atoms with Crippen molar-refractivity contribution >= 4 is 33.1 Å². The molecule has 0 aliphatic heterocycles. The summed E-state index contributed by atoms with van der Waals surface area (Å²) in [4.78, 5) is 0. The monoisotopic (exact) mass is 301 g/mol. The minimum atomic E-state index is -1.50. The Morgan fingerprint density at radius 2 is 1.93 bits per heavy atom. The van der Waals surface area contributed by atoms with Crippen LogP contribution >= 0.6 is 24.8 Å². The second kappa shape index (κ2) is 9.03. The third kappa shape index (κ3) is 5.71.